The van der Waals surface area contributed by atoms with Crippen molar-refractivity contribution in [3.63, 3.8) is 0 Å². The number of carbonyl (C=O) groups excluding carboxylic acids is 1. The Morgan fingerprint density at radius 1 is 1.33 bits per heavy atom. The van der Waals surface area contributed by atoms with Crippen molar-refractivity contribution in [2.24, 2.45) is 0 Å². The van der Waals surface area contributed by atoms with Gasteiger partial charge in [0.1, 0.15) is 5.75 Å². The van der Waals surface area contributed by atoms with Gasteiger partial charge in [-0.25, -0.2) is 0 Å². The van der Waals surface area contributed by atoms with Crippen molar-refractivity contribution in [2.45, 2.75) is 31.8 Å². The molecule has 1 atom stereocenters. The van der Waals surface area contributed by atoms with Crippen molar-refractivity contribution in [3.05, 3.63) is 29.8 Å². The van der Waals surface area contributed by atoms with Gasteiger partial charge in [-0.2, -0.15) is 0 Å². The van der Waals surface area contributed by atoms with E-state index in [-0.39, 0.29) is 12.0 Å². The van der Waals surface area contributed by atoms with Crippen LogP contribution in [0.15, 0.2) is 24.3 Å². The number of amides is 1. The molecular weight excluding hydrogens is 250 g/mol. The van der Waals surface area contributed by atoms with Crippen molar-refractivity contribution >= 4 is 17.5 Å². The highest BCUT2D eigenvalue weighted by Crippen LogP contribution is 2.27. The highest BCUT2D eigenvalue weighted by molar-refractivity contribution is 6.17. The van der Waals surface area contributed by atoms with Crippen LogP contribution >= 0.6 is 11.6 Å². The molecule has 1 amide bonds. The number of ether oxygens (including phenoxy) is 1. The number of hydrogen-bond donors (Lipinski definition) is 1. The lowest BCUT2D eigenvalue weighted by molar-refractivity contribution is -0.127. The molecule has 1 unspecified atom stereocenters. The molecule has 4 heteroatoms. The molecular formula is C14H18ClNO2. The number of alkyl halides is 1. The van der Waals surface area contributed by atoms with Crippen LogP contribution in [0.25, 0.3) is 0 Å². The van der Waals surface area contributed by atoms with E-state index in [9.17, 15) is 4.79 Å². The molecule has 0 radical (unpaired) electrons. The quantitative estimate of drug-likeness (QED) is 0.635. The summed E-state index contributed by atoms with van der Waals surface area (Å²) >= 11 is 5.59. The second-order valence-corrected chi connectivity index (χ2v) is 4.84. The third kappa shape index (κ3) is 3.39. The van der Waals surface area contributed by atoms with Crippen LogP contribution in [0, 0.1) is 0 Å². The van der Waals surface area contributed by atoms with Gasteiger partial charge in [0.25, 0.3) is 5.91 Å². The molecule has 18 heavy (non-hydrogen) atoms. The number of para-hydroxylation sites is 1. The zero-order valence-electron chi connectivity index (χ0n) is 10.3. The SMILES string of the molecule is O=C(NCCCCCCl)C1Cc2ccccc2O1. The van der Waals surface area contributed by atoms with E-state index in [0.29, 0.717) is 18.8 Å². The van der Waals surface area contributed by atoms with Crippen molar-refractivity contribution in [1.29, 1.82) is 0 Å². The van der Waals surface area contributed by atoms with Crippen LogP contribution in [0.1, 0.15) is 24.8 Å². The fraction of sp³-hybridized carbons (Fsp3) is 0.500. The number of benzene rings is 1. The summed E-state index contributed by atoms with van der Waals surface area (Å²) in [5, 5.41) is 2.91. The van der Waals surface area contributed by atoms with E-state index in [1.165, 1.54) is 0 Å². The molecule has 0 fully saturated rings. The highest BCUT2D eigenvalue weighted by Gasteiger charge is 2.28. The van der Waals surface area contributed by atoms with Gasteiger partial charge < -0.3 is 10.1 Å². The second kappa shape index (κ2) is 6.64. The molecule has 0 spiro atoms. The summed E-state index contributed by atoms with van der Waals surface area (Å²) in [6, 6.07) is 7.80. The molecule has 0 bridgehead atoms. The Morgan fingerprint density at radius 3 is 2.94 bits per heavy atom. The Hall–Kier alpha value is -1.22. The minimum absolute atomic E-state index is 0.0166. The van der Waals surface area contributed by atoms with Crippen LogP contribution in [-0.2, 0) is 11.2 Å². The van der Waals surface area contributed by atoms with E-state index < -0.39 is 0 Å². The Morgan fingerprint density at radius 2 is 2.17 bits per heavy atom. The zero-order chi connectivity index (χ0) is 12.8. The highest BCUT2D eigenvalue weighted by atomic mass is 35.5. The van der Waals surface area contributed by atoms with Crippen molar-refractivity contribution < 1.29 is 9.53 Å². The third-order valence-corrected chi connectivity index (χ3v) is 3.32. The van der Waals surface area contributed by atoms with E-state index in [0.717, 1.165) is 30.6 Å². The van der Waals surface area contributed by atoms with Crippen LogP contribution < -0.4 is 10.1 Å². The van der Waals surface area contributed by atoms with E-state index in [1.807, 2.05) is 24.3 Å². The van der Waals surface area contributed by atoms with E-state index in [2.05, 4.69) is 5.32 Å². The molecule has 1 N–H and O–H groups in total. The van der Waals surface area contributed by atoms with Gasteiger partial charge in [-0.15, -0.1) is 11.6 Å². The number of carbonyl (C=O) groups is 1. The number of hydrogen-bond acceptors (Lipinski definition) is 2. The first-order valence-electron chi connectivity index (χ1n) is 6.39. The minimum atomic E-state index is -0.365. The summed E-state index contributed by atoms with van der Waals surface area (Å²) in [6.07, 6.45) is 3.33. The summed E-state index contributed by atoms with van der Waals surface area (Å²) in [5.41, 5.74) is 1.11. The Balaban J connectivity index is 1.72. The monoisotopic (exact) mass is 267 g/mol. The lowest BCUT2D eigenvalue weighted by Gasteiger charge is -2.11. The molecule has 1 heterocycles. The Kier molecular flexibility index (Phi) is 4.88. The predicted octanol–water partition coefficient (Wildman–Crippen LogP) is 2.52. The first-order chi connectivity index (χ1) is 8.81. The Bertz CT molecular complexity index is 384. The summed E-state index contributed by atoms with van der Waals surface area (Å²) in [5.74, 6) is 1.51. The summed E-state index contributed by atoms with van der Waals surface area (Å²) in [6.45, 7) is 0.700. The smallest absolute Gasteiger partial charge is 0.261 e. The van der Waals surface area contributed by atoms with Crippen molar-refractivity contribution in [2.75, 3.05) is 12.4 Å². The largest absolute Gasteiger partial charge is 0.480 e. The molecule has 2 rings (SSSR count). The van der Waals surface area contributed by atoms with E-state index >= 15 is 0 Å². The fourth-order valence-electron chi connectivity index (χ4n) is 2.05. The molecule has 98 valence electrons. The third-order valence-electron chi connectivity index (χ3n) is 3.05. The Labute approximate surface area is 112 Å². The van der Waals surface area contributed by atoms with Gasteiger partial charge in [-0.3, -0.25) is 4.79 Å². The number of fused-ring (bicyclic) bond motifs is 1. The molecule has 0 aromatic heterocycles. The maximum Gasteiger partial charge on any atom is 0.261 e. The first kappa shape index (κ1) is 13.2. The number of nitrogens with one attached hydrogen (secondary N) is 1. The molecule has 3 nitrogen and oxygen atoms in total. The molecule has 1 aromatic rings. The number of unbranched alkanes of at least 4 members (excludes halogenated alkanes) is 2. The number of halogens is 1. The fourth-order valence-corrected chi connectivity index (χ4v) is 2.24. The molecule has 1 aliphatic rings. The lowest BCUT2D eigenvalue weighted by atomic mass is 10.1. The maximum absolute atomic E-state index is 11.9. The molecule has 0 aliphatic carbocycles. The molecule has 0 saturated heterocycles. The van der Waals surface area contributed by atoms with Crippen LogP contribution in [0.3, 0.4) is 0 Å². The van der Waals surface area contributed by atoms with Crippen LogP contribution in [0.4, 0.5) is 0 Å². The average molecular weight is 268 g/mol. The second-order valence-electron chi connectivity index (χ2n) is 4.46. The predicted molar refractivity (Wildman–Crippen MR) is 72.1 cm³/mol. The summed E-state index contributed by atoms with van der Waals surface area (Å²) in [4.78, 5) is 11.9. The maximum atomic E-state index is 11.9. The van der Waals surface area contributed by atoms with Crippen LogP contribution in [-0.4, -0.2) is 24.4 Å². The first-order valence-corrected chi connectivity index (χ1v) is 6.93. The normalized spacial score (nSPS) is 17.1. The topological polar surface area (TPSA) is 38.3 Å². The van der Waals surface area contributed by atoms with Gasteiger partial charge in [0.15, 0.2) is 6.10 Å². The molecule has 1 aromatic carbocycles. The van der Waals surface area contributed by atoms with Gasteiger partial charge >= 0.3 is 0 Å². The number of rotatable bonds is 6. The summed E-state index contributed by atoms with van der Waals surface area (Å²) in [7, 11) is 0. The minimum Gasteiger partial charge on any atom is -0.480 e. The van der Waals surface area contributed by atoms with Gasteiger partial charge in [0.05, 0.1) is 0 Å². The van der Waals surface area contributed by atoms with Gasteiger partial charge in [-0.05, 0) is 24.5 Å². The van der Waals surface area contributed by atoms with Crippen LogP contribution in [0.5, 0.6) is 5.75 Å². The van der Waals surface area contributed by atoms with Gasteiger partial charge in [0.2, 0.25) is 0 Å². The van der Waals surface area contributed by atoms with Crippen molar-refractivity contribution in [1.82, 2.24) is 5.32 Å². The van der Waals surface area contributed by atoms with Gasteiger partial charge in [0, 0.05) is 18.8 Å². The van der Waals surface area contributed by atoms with Crippen molar-refractivity contribution in [3.8, 4) is 5.75 Å². The molecule has 0 saturated carbocycles. The summed E-state index contributed by atoms with van der Waals surface area (Å²) < 4.78 is 5.61. The average Bonchev–Trinajstić information content (AvgIpc) is 2.82. The standard InChI is InChI=1S/C14H18ClNO2/c15-8-4-1-5-9-16-14(17)13-10-11-6-2-3-7-12(11)18-13/h2-3,6-7,13H,1,4-5,8-10H2,(H,16,17). The van der Waals surface area contributed by atoms with E-state index in [4.69, 9.17) is 16.3 Å². The van der Waals surface area contributed by atoms with E-state index in [1.54, 1.807) is 0 Å². The zero-order valence-corrected chi connectivity index (χ0v) is 11.1. The molecule has 1 aliphatic heterocycles. The van der Waals surface area contributed by atoms with Crippen LogP contribution in [0.2, 0.25) is 0 Å². The van der Waals surface area contributed by atoms with Gasteiger partial charge in [-0.1, -0.05) is 24.6 Å². The lowest BCUT2D eigenvalue weighted by Crippen LogP contribution is -2.37.